The number of hydrogen-bond acceptors (Lipinski definition) is 5. The monoisotopic (exact) mass is 282 g/mol. The number of benzene rings is 1. The third-order valence-corrected chi connectivity index (χ3v) is 3.86. The second-order valence-corrected chi connectivity index (χ2v) is 5.76. The Morgan fingerprint density at radius 3 is 2.22 bits per heavy atom. The fraction of sp³-hybridized carbons (Fsp3) is 0.455. The quantitative estimate of drug-likeness (QED) is 0.493. The Morgan fingerprint density at radius 2 is 1.83 bits per heavy atom. The molecular weight excluding hydrogens is 267 g/mol. The van der Waals surface area contributed by atoms with Crippen LogP contribution in [0.1, 0.15) is 18.9 Å². The maximum atomic E-state index is 10.7. The predicted molar refractivity (Wildman–Crippen MR) is 61.6 cm³/mol. The first-order valence-electron chi connectivity index (χ1n) is 5.07. The van der Waals surface area contributed by atoms with Crippen molar-refractivity contribution in [2.45, 2.75) is 24.7 Å². The molecule has 0 aliphatic heterocycles. The van der Waals surface area contributed by atoms with Gasteiger partial charge in [0.15, 0.2) is 4.93 Å². The molecule has 1 rings (SSSR count). The van der Waals surface area contributed by atoms with Gasteiger partial charge in [-0.05, 0) is 37.5 Å². The fourth-order valence-electron chi connectivity index (χ4n) is 1.29. The van der Waals surface area contributed by atoms with Gasteiger partial charge in [-0.2, -0.15) is 0 Å². The Kier molecular flexibility index (Phi) is 6.84. The Hall–Kier alpha value is -0.110. The van der Waals surface area contributed by atoms with Gasteiger partial charge in [0.25, 0.3) is 0 Å². The smallest absolute Gasteiger partial charge is 0.746 e. The zero-order valence-corrected chi connectivity index (χ0v) is 13.5. The first-order valence-corrected chi connectivity index (χ1v) is 6.48. The number of aliphatic hydroxyl groups is 1. The summed E-state index contributed by atoms with van der Waals surface area (Å²) in [5.74, 6) is 0.692. The molecule has 96 valence electrons. The zero-order chi connectivity index (χ0) is 13.1. The molecule has 0 saturated heterocycles. The van der Waals surface area contributed by atoms with Crippen molar-refractivity contribution in [3.05, 3.63) is 29.8 Å². The maximum absolute atomic E-state index is 10.7. The largest absolute Gasteiger partial charge is 1.00 e. The molecule has 0 aliphatic carbocycles. The fourth-order valence-corrected chi connectivity index (χ4v) is 1.65. The van der Waals surface area contributed by atoms with Crippen LogP contribution in [0.2, 0.25) is 0 Å². The number of hydrogen-bond donors (Lipinski definition) is 1. The number of ether oxygens (including phenoxy) is 1. The van der Waals surface area contributed by atoms with Gasteiger partial charge in [0, 0.05) is 0 Å². The van der Waals surface area contributed by atoms with Crippen LogP contribution in [0.5, 0.6) is 5.75 Å². The average Bonchev–Trinajstić information content (AvgIpc) is 2.25. The molecule has 0 bridgehead atoms. The summed E-state index contributed by atoms with van der Waals surface area (Å²) in [4.78, 5) is -2.23. The van der Waals surface area contributed by atoms with Crippen molar-refractivity contribution < 1.29 is 52.4 Å². The van der Waals surface area contributed by atoms with E-state index in [2.05, 4.69) is 0 Å². The summed E-state index contributed by atoms with van der Waals surface area (Å²) in [6.07, 6.45) is 0.170. The Labute approximate surface area is 129 Å². The van der Waals surface area contributed by atoms with Crippen molar-refractivity contribution in [2.75, 3.05) is 7.11 Å². The molecule has 5 nitrogen and oxygen atoms in total. The van der Waals surface area contributed by atoms with E-state index in [1.165, 1.54) is 0 Å². The normalized spacial score (nSPS) is 14.4. The Bertz CT molecular complexity index is 467. The van der Waals surface area contributed by atoms with Crippen LogP contribution in [0.25, 0.3) is 0 Å². The molecule has 0 spiro atoms. The third-order valence-electron chi connectivity index (χ3n) is 2.58. The summed E-state index contributed by atoms with van der Waals surface area (Å²) < 4.78 is 37.2. The van der Waals surface area contributed by atoms with Crippen LogP contribution in [0.4, 0.5) is 0 Å². The van der Waals surface area contributed by atoms with Gasteiger partial charge in [0.2, 0.25) is 0 Å². The van der Waals surface area contributed by atoms with Crippen LogP contribution >= 0.6 is 0 Å². The summed E-state index contributed by atoms with van der Waals surface area (Å²) >= 11 is 0. The van der Waals surface area contributed by atoms with Crippen LogP contribution < -0.4 is 34.3 Å². The summed E-state index contributed by atoms with van der Waals surface area (Å²) in [5, 5.41) is 9.49. The Morgan fingerprint density at radius 1 is 1.33 bits per heavy atom. The molecule has 0 heterocycles. The first kappa shape index (κ1) is 17.9. The average molecular weight is 282 g/mol. The van der Waals surface area contributed by atoms with Crippen molar-refractivity contribution in [1.82, 2.24) is 0 Å². The van der Waals surface area contributed by atoms with Crippen molar-refractivity contribution in [3.8, 4) is 5.75 Å². The van der Waals surface area contributed by atoms with Crippen molar-refractivity contribution in [2.24, 2.45) is 0 Å². The molecule has 0 aromatic heterocycles. The van der Waals surface area contributed by atoms with Gasteiger partial charge in [-0.25, -0.2) is 8.42 Å². The van der Waals surface area contributed by atoms with Gasteiger partial charge in [-0.15, -0.1) is 0 Å². The molecule has 1 N–H and O–H groups in total. The molecule has 1 unspecified atom stereocenters. The molecule has 0 fully saturated rings. The SMILES string of the molecule is COc1ccc(CCC(C)(O)S(=O)(=O)[O-])cc1.[Na+]. The third kappa shape index (κ3) is 4.87. The minimum absolute atomic E-state index is 0. The van der Waals surface area contributed by atoms with Crippen LogP contribution in [0.3, 0.4) is 0 Å². The second kappa shape index (κ2) is 6.88. The molecule has 1 aromatic rings. The summed E-state index contributed by atoms with van der Waals surface area (Å²) in [5.41, 5.74) is 0.828. The minimum Gasteiger partial charge on any atom is -0.746 e. The van der Waals surface area contributed by atoms with E-state index < -0.39 is 15.1 Å². The van der Waals surface area contributed by atoms with Gasteiger partial charge in [-0.3, -0.25) is 0 Å². The maximum Gasteiger partial charge on any atom is 1.00 e. The van der Waals surface area contributed by atoms with Gasteiger partial charge in [-0.1, -0.05) is 12.1 Å². The Balaban J connectivity index is 0.00000289. The number of rotatable bonds is 5. The van der Waals surface area contributed by atoms with Crippen LogP contribution in [0, 0.1) is 0 Å². The van der Waals surface area contributed by atoms with Gasteiger partial charge >= 0.3 is 29.6 Å². The van der Waals surface area contributed by atoms with Crippen LogP contribution in [-0.2, 0) is 16.5 Å². The molecule has 18 heavy (non-hydrogen) atoms. The number of aryl methyl sites for hydroxylation is 1. The summed E-state index contributed by atoms with van der Waals surface area (Å²) in [7, 11) is -3.16. The van der Waals surface area contributed by atoms with Crippen molar-refractivity contribution in [1.29, 1.82) is 0 Å². The van der Waals surface area contributed by atoms with Crippen LogP contribution in [0.15, 0.2) is 24.3 Å². The minimum atomic E-state index is -4.70. The first-order chi connectivity index (χ1) is 7.76. The van der Waals surface area contributed by atoms with E-state index in [1.54, 1.807) is 31.4 Å². The summed E-state index contributed by atoms with van der Waals surface area (Å²) in [6.45, 7) is 1.01. The molecule has 0 amide bonds. The van der Waals surface area contributed by atoms with Gasteiger partial charge in [0.1, 0.15) is 15.9 Å². The molecule has 1 aromatic carbocycles. The van der Waals surface area contributed by atoms with E-state index in [1.807, 2.05) is 0 Å². The van der Waals surface area contributed by atoms with Crippen molar-refractivity contribution in [3.63, 3.8) is 0 Å². The van der Waals surface area contributed by atoms with E-state index in [9.17, 15) is 18.1 Å². The molecule has 7 heteroatoms. The molecule has 0 saturated carbocycles. The molecule has 1 atom stereocenters. The van der Waals surface area contributed by atoms with E-state index in [4.69, 9.17) is 4.74 Å². The topological polar surface area (TPSA) is 86.7 Å². The molecule has 0 aliphatic rings. The second-order valence-electron chi connectivity index (χ2n) is 3.98. The van der Waals surface area contributed by atoms with E-state index in [0.717, 1.165) is 12.5 Å². The summed E-state index contributed by atoms with van der Waals surface area (Å²) in [6, 6.07) is 6.98. The van der Waals surface area contributed by atoms with E-state index >= 15 is 0 Å². The van der Waals surface area contributed by atoms with Crippen molar-refractivity contribution >= 4 is 10.1 Å². The zero-order valence-electron chi connectivity index (χ0n) is 10.7. The van der Waals surface area contributed by atoms with Gasteiger partial charge < -0.3 is 14.4 Å². The molecular formula is C11H15NaO5S. The predicted octanol–water partition coefficient (Wildman–Crippen LogP) is -2.11. The number of methoxy groups -OCH3 is 1. The van der Waals surface area contributed by atoms with E-state index in [-0.39, 0.29) is 36.0 Å². The standard InChI is InChI=1S/C11H16O5S.Na/c1-11(12,17(13,14)15)8-7-9-3-5-10(16-2)6-4-9;/h3-6,12H,7-8H2,1-2H3,(H,13,14,15);/q;+1/p-1. The van der Waals surface area contributed by atoms with E-state index in [0.29, 0.717) is 12.2 Å². The van der Waals surface area contributed by atoms with Crippen LogP contribution in [-0.4, -0.2) is 30.1 Å². The molecule has 0 radical (unpaired) electrons. The van der Waals surface area contributed by atoms with Gasteiger partial charge in [0.05, 0.1) is 7.11 Å².